The number of amides is 1. The van der Waals surface area contributed by atoms with Gasteiger partial charge in [0.25, 0.3) is 0 Å². The van der Waals surface area contributed by atoms with Gasteiger partial charge in [0, 0.05) is 0 Å². The van der Waals surface area contributed by atoms with Crippen molar-refractivity contribution in [3.63, 3.8) is 0 Å². The van der Waals surface area contributed by atoms with Crippen molar-refractivity contribution in [1.29, 1.82) is 0 Å². The number of fused-ring (bicyclic) bond motifs is 2. The molecule has 0 radical (unpaired) electrons. The van der Waals surface area contributed by atoms with Gasteiger partial charge in [-0.25, -0.2) is 0 Å². The van der Waals surface area contributed by atoms with Crippen molar-refractivity contribution in [2.45, 2.75) is 44.8 Å². The number of carbonyl (C=O) groups excluding carboxylic acids is 1. The van der Waals surface area contributed by atoms with Crippen LogP contribution in [0.2, 0.25) is 0 Å². The molecule has 0 fully saturated rings. The minimum atomic E-state index is -0.812. The first-order valence-corrected chi connectivity index (χ1v) is 9.08. The fraction of sp³-hybridized carbons (Fsp3) is 0.381. The number of ether oxygens (including phenoxy) is 2. The first kappa shape index (κ1) is 16.9. The molecule has 0 unspecified atom stereocenters. The van der Waals surface area contributed by atoms with Gasteiger partial charge in [0.2, 0.25) is 12.7 Å². The van der Waals surface area contributed by atoms with E-state index in [2.05, 4.69) is 17.4 Å². The van der Waals surface area contributed by atoms with E-state index in [9.17, 15) is 9.90 Å². The van der Waals surface area contributed by atoms with Crippen molar-refractivity contribution >= 4 is 5.91 Å². The molecule has 2 aromatic rings. The number of hydrogen-bond acceptors (Lipinski definition) is 4. The van der Waals surface area contributed by atoms with Crippen LogP contribution in [0.5, 0.6) is 11.5 Å². The summed E-state index contributed by atoms with van der Waals surface area (Å²) in [6.07, 6.45) is 2.95. The van der Waals surface area contributed by atoms with Gasteiger partial charge in [-0.3, -0.25) is 4.79 Å². The average Bonchev–Trinajstić information content (AvgIpc) is 3.28. The molecule has 5 nitrogen and oxygen atoms in total. The highest BCUT2D eigenvalue weighted by Crippen LogP contribution is 2.34. The fourth-order valence-corrected chi connectivity index (χ4v) is 3.69. The molecule has 0 spiro atoms. The highest BCUT2D eigenvalue weighted by atomic mass is 16.7. The molecule has 26 heavy (non-hydrogen) atoms. The molecule has 0 bridgehead atoms. The Kier molecular flexibility index (Phi) is 4.55. The molecule has 4 rings (SSSR count). The smallest absolute Gasteiger partial charge is 0.231 e. The minimum Gasteiger partial charge on any atom is -0.454 e. The van der Waals surface area contributed by atoms with Gasteiger partial charge < -0.3 is 19.9 Å². The maximum Gasteiger partial charge on any atom is 0.231 e. The summed E-state index contributed by atoms with van der Waals surface area (Å²) in [7, 11) is 0. The Hall–Kier alpha value is -2.53. The third-order valence-corrected chi connectivity index (χ3v) is 5.13. The summed E-state index contributed by atoms with van der Waals surface area (Å²) in [5.41, 5.74) is 4.48. The first-order chi connectivity index (χ1) is 12.6. The molecule has 0 saturated carbocycles. The molecule has 0 aromatic heterocycles. The number of benzene rings is 2. The SMILES string of the molecule is C[C@H](NC(=O)Cc1ccc2c(c1)CCC2)[C@H](O)c1ccc2c(c1)OCO2. The molecular formula is C21H23NO4. The third-order valence-electron chi connectivity index (χ3n) is 5.13. The van der Waals surface area contributed by atoms with E-state index < -0.39 is 12.1 Å². The van der Waals surface area contributed by atoms with E-state index in [0.717, 1.165) is 18.4 Å². The Bertz CT molecular complexity index is 833. The van der Waals surface area contributed by atoms with Crippen molar-refractivity contribution < 1.29 is 19.4 Å². The lowest BCUT2D eigenvalue weighted by Crippen LogP contribution is -2.37. The zero-order chi connectivity index (χ0) is 18.1. The Morgan fingerprint density at radius 1 is 1.12 bits per heavy atom. The molecule has 1 amide bonds. The molecule has 5 heteroatoms. The second-order valence-electron chi connectivity index (χ2n) is 7.05. The van der Waals surface area contributed by atoms with Crippen LogP contribution in [0, 0.1) is 0 Å². The molecule has 0 saturated heterocycles. The molecule has 1 heterocycles. The lowest BCUT2D eigenvalue weighted by molar-refractivity contribution is -0.121. The summed E-state index contributed by atoms with van der Waals surface area (Å²) < 4.78 is 10.6. The topological polar surface area (TPSA) is 67.8 Å². The van der Waals surface area contributed by atoms with Gasteiger partial charge in [-0.2, -0.15) is 0 Å². The van der Waals surface area contributed by atoms with Crippen molar-refractivity contribution in [2.75, 3.05) is 6.79 Å². The zero-order valence-corrected chi connectivity index (χ0v) is 14.8. The zero-order valence-electron chi connectivity index (χ0n) is 14.8. The number of aryl methyl sites for hydroxylation is 2. The minimum absolute atomic E-state index is 0.0877. The molecule has 1 aliphatic carbocycles. The number of rotatable bonds is 5. The van der Waals surface area contributed by atoms with Gasteiger partial charge in [0.05, 0.1) is 18.6 Å². The van der Waals surface area contributed by atoms with Gasteiger partial charge in [0.15, 0.2) is 11.5 Å². The number of nitrogens with one attached hydrogen (secondary N) is 1. The van der Waals surface area contributed by atoms with Crippen LogP contribution in [0.4, 0.5) is 0 Å². The highest BCUT2D eigenvalue weighted by molar-refractivity contribution is 5.79. The quantitative estimate of drug-likeness (QED) is 0.867. The summed E-state index contributed by atoms with van der Waals surface area (Å²) in [4.78, 5) is 12.4. The number of hydrogen-bond donors (Lipinski definition) is 2. The van der Waals surface area contributed by atoms with Crippen LogP contribution in [0.15, 0.2) is 36.4 Å². The molecular weight excluding hydrogens is 330 g/mol. The summed E-state index contributed by atoms with van der Waals surface area (Å²) in [6.45, 7) is 2.00. The van der Waals surface area contributed by atoms with E-state index >= 15 is 0 Å². The van der Waals surface area contributed by atoms with Crippen molar-refractivity contribution in [3.05, 3.63) is 58.7 Å². The van der Waals surface area contributed by atoms with Crippen LogP contribution < -0.4 is 14.8 Å². The Labute approximate surface area is 152 Å². The summed E-state index contributed by atoms with van der Waals surface area (Å²) in [6, 6.07) is 11.2. The van der Waals surface area contributed by atoms with Crippen molar-refractivity contribution in [3.8, 4) is 11.5 Å². The van der Waals surface area contributed by atoms with Gasteiger partial charge >= 0.3 is 0 Å². The number of aliphatic hydroxyl groups is 1. The second kappa shape index (κ2) is 7.00. The van der Waals surface area contributed by atoms with Gasteiger partial charge in [-0.15, -0.1) is 0 Å². The lowest BCUT2D eigenvalue weighted by Gasteiger charge is -2.21. The van der Waals surface area contributed by atoms with E-state index in [1.165, 1.54) is 17.5 Å². The molecule has 136 valence electrons. The summed E-state index contributed by atoms with van der Waals surface area (Å²) >= 11 is 0. The van der Waals surface area contributed by atoms with Crippen LogP contribution in [-0.2, 0) is 24.1 Å². The molecule has 2 atom stereocenters. The second-order valence-corrected chi connectivity index (χ2v) is 7.05. The Morgan fingerprint density at radius 2 is 1.92 bits per heavy atom. The first-order valence-electron chi connectivity index (χ1n) is 9.08. The highest BCUT2D eigenvalue weighted by Gasteiger charge is 2.22. The van der Waals surface area contributed by atoms with E-state index in [1.54, 1.807) is 25.1 Å². The van der Waals surface area contributed by atoms with Crippen LogP contribution in [0.25, 0.3) is 0 Å². The fourth-order valence-electron chi connectivity index (χ4n) is 3.69. The average molecular weight is 353 g/mol. The van der Waals surface area contributed by atoms with Gasteiger partial charge in [-0.05, 0) is 60.6 Å². The molecule has 2 N–H and O–H groups in total. The van der Waals surface area contributed by atoms with Crippen molar-refractivity contribution in [1.82, 2.24) is 5.32 Å². The predicted molar refractivity (Wildman–Crippen MR) is 97.3 cm³/mol. The van der Waals surface area contributed by atoms with E-state index in [1.807, 2.05) is 6.07 Å². The molecule has 1 aliphatic heterocycles. The predicted octanol–water partition coefficient (Wildman–Crippen LogP) is 2.68. The molecule has 2 aromatic carbocycles. The normalized spacial score (nSPS) is 16.8. The summed E-state index contributed by atoms with van der Waals surface area (Å²) in [5.74, 6) is 1.21. The van der Waals surface area contributed by atoms with Gasteiger partial charge in [-0.1, -0.05) is 24.3 Å². The van der Waals surface area contributed by atoms with Crippen LogP contribution in [-0.4, -0.2) is 23.8 Å². The maximum atomic E-state index is 12.4. The Morgan fingerprint density at radius 3 is 2.81 bits per heavy atom. The lowest BCUT2D eigenvalue weighted by atomic mass is 10.0. The van der Waals surface area contributed by atoms with Crippen LogP contribution >= 0.6 is 0 Å². The third kappa shape index (κ3) is 3.40. The maximum absolute atomic E-state index is 12.4. The van der Waals surface area contributed by atoms with Gasteiger partial charge in [0.1, 0.15) is 0 Å². The van der Waals surface area contributed by atoms with Crippen LogP contribution in [0.3, 0.4) is 0 Å². The monoisotopic (exact) mass is 353 g/mol. The largest absolute Gasteiger partial charge is 0.454 e. The number of aliphatic hydroxyl groups excluding tert-OH is 1. The van der Waals surface area contributed by atoms with E-state index in [4.69, 9.17) is 9.47 Å². The van der Waals surface area contributed by atoms with Crippen molar-refractivity contribution in [2.24, 2.45) is 0 Å². The van der Waals surface area contributed by atoms with Crippen LogP contribution in [0.1, 0.15) is 41.7 Å². The molecule has 2 aliphatic rings. The van der Waals surface area contributed by atoms with E-state index in [0.29, 0.717) is 23.5 Å². The summed E-state index contributed by atoms with van der Waals surface area (Å²) in [5, 5.41) is 13.5. The van der Waals surface area contributed by atoms with E-state index in [-0.39, 0.29) is 12.7 Å². The standard InChI is InChI=1S/C21H23NO4/c1-13(21(24)17-7-8-18-19(11-17)26-12-25-18)22-20(23)10-14-5-6-15-3-2-4-16(15)9-14/h5-9,11,13,21,24H,2-4,10,12H2,1H3,(H,22,23)/t13-,21-/m0/s1. The number of carbonyl (C=O) groups is 1. The Balaban J connectivity index is 1.37.